The Balaban J connectivity index is 1.80. The highest BCUT2D eigenvalue weighted by molar-refractivity contribution is 5.83. The number of H-pyrrole nitrogens is 2. The first-order chi connectivity index (χ1) is 15.1. The maximum absolute atomic E-state index is 13.1. The van der Waals surface area contributed by atoms with Gasteiger partial charge in [-0.05, 0) is 66.4 Å². The number of unbranched alkanes of at least 4 members (excludes halogenated alkanes) is 1. The normalized spacial score (nSPS) is 10.9. The van der Waals surface area contributed by atoms with Gasteiger partial charge in [-0.15, -0.1) is 10.2 Å². The predicted octanol–water partition coefficient (Wildman–Crippen LogP) is 4.68. The van der Waals surface area contributed by atoms with Crippen molar-refractivity contribution in [3.8, 4) is 39.5 Å². The highest BCUT2D eigenvalue weighted by Gasteiger charge is 2.18. The molecular formula is C24H25N5O2. The highest BCUT2D eigenvalue weighted by Crippen LogP contribution is 2.32. The van der Waals surface area contributed by atoms with Crippen molar-refractivity contribution >= 4 is 0 Å². The molecule has 0 aliphatic carbocycles. The number of benzene rings is 2. The molecule has 0 fully saturated rings. The van der Waals surface area contributed by atoms with Crippen LogP contribution in [0.2, 0.25) is 0 Å². The van der Waals surface area contributed by atoms with Gasteiger partial charge in [-0.3, -0.25) is 4.79 Å². The van der Waals surface area contributed by atoms with Gasteiger partial charge >= 0.3 is 0 Å². The molecule has 158 valence electrons. The summed E-state index contributed by atoms with van der Waals surface area (Å²) in [6.45, 7) is 6.88. The smallest absolute Gasteiger partial charge is 0.260 e. The van der Waals surface area contributed by atoms with Crippen molar-refractivity contribution in [1.29, 1.82) is 0 Å². The van der Waals surface area contributed by atoms with Crippen LogP contribution in [-0.4, -0.2) is 32.2 Å². The van der Waals surface area contributed by atoms with Crippen LogP contribution in [0.5, 0.6) is 5.75 Å². The third kappa shape index (κ3) is 4.40. The van der Waals surface area contributed by atoms with E-state index < -0.39 is 0 Å². The number of pyridine rings is 1. The summed E-state index contributed by atoms with van der Waals surface area (Å²) in [5.74, 6) is 1.13. The second-order valence-electron chi connectivity index (χ2n) is 7.58. The van der Waals surface area contributed by atoms with Gasteiger partial charge in [0, 0.05) is 11.3 Å². The molecule has 4 aromatic rings. The Hall–Kier alpha value is -3.74. The molecule has 0 spiro atoms. The molecule has 0 unspecified atom stereocenters. The zero-order valence-corrected chi connectivity index (χ0v) is 17.9. The number of hydrogen-bond acceptors (Lipinski definition) is 5. The lowest BCUT2D eigenvalue weighted by molar-refractivity contribution is 0.307. The average Bonchev–Trinajstić information content (AvgIpc) is 3.29. The molecule has 4 rings (SSSR count). The maximum atomic E-state index is 13.1. The predicted molar refractivity (Wildman–Crippen MR) is 121 cm³/mol. The monoisotopic (exact) mass is 415 g/mol. The number of tetrazole rings is 1. The average molecular weight is 415 g/mol. The van der Waals surface area contributed by atoms with Crippen molar-refractivity contribution in [1.82, 2.24) is 25.6 Å². The van der Waals surface area contributed by atoms with E-state index in [0.717, 1.165) is 52.1 Å². The number of ether oxygens (including phenoxy) is 1. The number of rotatable bonds is 7. The zero-order valence-electron chi connectivity index (χ0n) is 17.9. The number of aromatic nitrogens is 5. The molecule has 2 aromatic carbocycles. The third-order valence-corrected chi connectivity index (χ3v) is 5.21. The molecule has 7 heteroatoms. The molecule has 31 heavy (non-hydrogen) atoms. The minimum atomic E-state index is -0.268. The second-order valence-corrected chi connectivity index (χ2v) is 7.58. The molecular weight excluding hydrogens is 390 g/mol. The van der Waals surface area contributed by atoms with Crippen LogP contribution in [-0.2, 0) is 0 Å². The SMILES string of the molecule is CCCCOc1ccc(-c2cc(-c3ccc(C)cc3)c(-c3nn[nH]n3)c(=O)[nH]2)cc1C. The Morgan fingerprint density at radius 1 is 1.00 bits per heavy atom. The fourth-order valence-electron chi connectivity index (χ4n) is 3.47. The van der Waals surface area contributed by atoms with E-state index in [2.05, 4.69) is 32.5 Å². The molecule has 0 aliphatic rings. The van der Waals surface area contributed by atoms with E-state index in [0.29, 0.717) is 12.2 Å². The van der Waals surface area contributed by atoms with Crippen LogP contribution in [0.25, 0.3) is 33.8 Å². The molecule has 0 saturated carbocycles. The van der Waals surface area contributed by atoms with E-state index in [-0.39, 0.29) is 11.4 Å². The standard InChI is InChI=1S/C24H25N5O2/c1-4-5-12-31-21-11-10-18(13-16(21)3)20-14-19(17-8-6-15(2)7-9-17)22(24(30)25-20)23-26-28-29-27-23/h6-11,13-14H,4-5,12H2,1-3H3,(H,25,30)(H,26,27,28,29). The molecule has 0 bridgehead atoms. The highest BCUT2D eigenvalue weighted by atomic mass is 16.5. The van der Waals surface area contributed by atoms with Crippen LogP contribution in [0.4, 0.5) is 0 Å². The lowest BCUT2D eigenvalue weighted by Crippen LogP contribution is -2.12. The number of nitrogens with zero attached hydrogens (tertiary/aromatic N) is 3. The lowest BCUT2D eigenvalue weighted by Gasteiger charge is -2.13. The van der Waals surface area contributed by atoms with Crippen LogP contribution in [0.15, 0.2) is 53.3 Å². The Kier molecular flexibility index (Phi) is 5.93. The van der Waals surface area contributed by atoms with Gasteiger partial charge in [0.2, 0.25) is 5.82 Å². The van der Waals surface area contributed by atoms with E-state index in [9.17, 15) is 4.79 Å². The van der Waals surface area contributed by atoms with E-state index in [4.69, 9.17) is 4.74 Å². The van der Waals surface area contributed by atoms with Gasteiger partial charge in [0.1, 0.15) is 5.75 Å². The van der Waals surface area contributed by atoms with Gasteiger partial charge in [-0.2, -0.15) is 5.21 Å². The third-order valence-electron chi connectivity index (χ3n) is 5.21. The molecule has 0 saturated heterocycles. The quantitative estimate of drug-likeness (QED) is 0.427. The first-order valence-electron chi connectivity index (χ1n) is 10.4. The molecule has 0 amide bonds. The Morgan fingerprint density at radius 3 is 2.45 bits per heavy atom. The van der Waals surface area contributed by atoms with E-state index >= 15 is 0 Å². The van der Waals surface area contributed by atoms with Crippen LogP contribution < -0.4 is 10.3 Å². The lowest BCUT2D eigenvalue weighted by atomic mass is 9.97. The van der Waals surface area contributed by atoms with Gasteiger partial charge < -0.3 is 9.72 Å². The Labute approximate surface area is 180 Å². The largest absolute Gasteiger partial charge is 0.493 e. The van der Waals surface area contributed by atoms with Gasteiger partial charge in [0.15, 0.2) is 0 Å². The molecule has 0 atom stereocenters. The summed E-state index contributed by atoms with van der Waals surface area (Å²) in [6.07, 6.45) is 2.11. The van der Waals surface area contributed by atoms with Crippen LogP contribution >= 0.6 is 0 Å². The van der Waals surface area contributed by atoms with Crippen molar-refractivity contribution in [3.63, 3.8) is 0 Å². The molecule has 2 heterocycles. The number of aromatic amines is 2. The molecule has 0 aliphatic heterocycles. The molecule has 2 N–H and O–H groups in total. The first-order valence-corrected chi connectivity index (χ1v) is 10.4. The minimum absolute atomic E-state index is 0.263. The summed E-state index contributed by atoms with van der Waals surface area (Å²) in [5, 5.41) is 14.1. The Bertz CT molecular complexity index is 1230. The van der Waals surface area contributed by atoms with Crippen molar-refractivity contribution < 1.29 is 4.74 Å². The second kappa shape index (κ2) is 8.95. The summed E-state index contributed by atoms with van der Waals surface area (Å²) >= 11 is 0. The minimum Gasteiger partial charge on any atom is -0.493 e. The summed E-state index contributed by atoms with van der Waals surface area (Å²) in [4.78, 5) is 16.1. The summed E-state index contributed by atoms with van der Waals surface area (Å²) in [7, 11) is 0. The van der Waals surface area contributed by atoms with E-state index in [1.807, 2.05) is 62.4 Å². The van der Waals surface area contributed by atoms with Crippen molar-refractivity contribution in [2.45, 2.75) is 33.6 Å². The summed E-state index contributed by atoms with van der Waals surface area (Å²) in [6, 6.07) is 15.9. The zero-order chi connectivity index (χ0) is 21.8. The van der Waals surface area contributed by atoms with E-state index in [1.165, 1.54) is 0 Å². The van der Waals surface area contributed by atoms with Crippen LogP contribution in [0.3, 0.4) is 0 Å². The summed E-state index contributed by atoms with van der Waals surface area (Å²) < 4.78 is 5.87. The maximum Gasteiger partial charge on any atom is 0.260 e. The Morgan fingerprint density at radius 2 is 1.77 bits per heavy atom. The van der Waals surface area contributed by atoms with E-state index in [1.54, 1.807) is 0 Å². The first kappa shape index (κ1) is 20.5. The van der Waals surface area contributed by atoms with Gasteiger partial charge in [0.05, 0.1) is 12.2 Å². The topological polar surface area (TPSA) is 96.6 Å². The fourth-order valence-corrected chi connectivity index (χ4v) is 3.47. The number of aryl methyl sites for hydroxylation is 2. The van der Waals surface area contributed by atoms with Gasteiger partial charge in [-0.1, -0.05) is 43.2 Å². The van der Waals surface area contributed by atoms with Gasteiger partial charge in [-0.25, -0.2) is 0 Å². The molecule has 7 nitrogen and oxygen atoms in total. The number of hydrogen-bond donors (Lipinski definition) is 2. The van der Waals surface area contributed by atoms with Crippen LogP contribution in [0, 0.1) is 13.8 Å². The number of nitrogens with one attached hydrogen (secondary N) is 2. The molecule has 2 aromatic heterocycles. The molecule has 0 radical (unpaired) electrons. The summed E-state index contributed by atoms with van der Waals surface area (Å²) in [5.41, 5.74) is 5.57. The van der Waals surface area contributed by atoms with Crippen molar-refractivity contribution in [3.05, 3.63) is 70.0 Å². The fraction of sp³-hybridized carbons (Fsp3) is 0.250. The van der Waals surface area contributed by atoms with Crippen molar-refractivity contribution in [2.24, 2.45) is 0 Å². The van der Waals surface area contributed by atoms with Crippen molar-refractivity contribution in [2.75, 3.05) is 6.61 Å². The van der Waals surface area contributed by atoms with Crippen LogP contribution in [0.1, 0.15) is 30.9 Å². The van der Waals surface area contributed by atoms with Gasteiger partial charge in [0.25, 0.3) is 5.56 Å².